The molecule has 5 atom stereocenters. The number of rotatable bonds is 11. The van der Waals surface area contributed by atoms with E-state index in [-0.39, 0.29) is 49.2 Å². The Morgan fingerprint density at radius 1 is 1.20 bits per heavy atom. The van der Waals surface area contributed by atoms with E-state index in [1.807, 2.05) is 0 Å². The second kappa shape index (κ2) is 13.2. The average molecular weight is 731 g/mol. The van der Waals surface area contributed by atoms with Gasteiger partial charge in [-0.15, -0.1) is 0 Å². The van der Waals surface area contributed by atoms with Crippen LogP contribution in [0.15, 0.2) is 16.9 Å². The fraction of sp³-hybridized carbons (Fsp3) is 0.464. The van der Waals surface area contributed by atoms with Crippen molar-refractivity contribution in [3.05, 3.63) is 61.7 Å². The number of aliphatic hydroxyl groups excluding tert-OH is 1. The first-order valence-corrected chi connectivity index (χ1v) is 17.9. The number of halogens is 1. The van der Waals surface area contributed by atoms with Crippen LogP contribution in [-0.2, 0) is 62.0 Å². The van der Waals surface area contributed by atoms with E-state index < -0.39 is 64.4 Å². The van der Waals surface area contributed by atoms with Crippen LogP contribution in [0.2, 0.25) is 0 Å². The summed E-state index contributed by atoms with van der Waals surface area (Å²) < 4.78 is 63.8. The van der Waals surface area contributed by atoms with Crippen molar-refractivity contribution < 1.29 is 66.0 Å². The van der Waals surface area contributed by atoms with Gasteiger partial charge in [0.2, 0.25) is 6.79 Å². The topological polar surface area (TPSA) is 260 Å². The Hall–Kier alpha value is -3.16. The van der Waals surface area contributed by atoms with Crippen LogP contribution in [0.1, 0.15) is 59.2 Å². The molecule has 0 radical (unpaired) electrons. The highest BCUT2D eigenvalue weighted by Gasteiger charge is 2.45. The Bertz CT molecular complexity index is 2010. The zero-order valence-electron chi connectivity index (χ0n) is 26.1. The molecule has 4 heterocycles. The summed E-state index contributed by atoms with van der Waals surface area (Å²) in [5, 5.41) is 25.0. The summed E-state index contributed by atoms with van der Waals surface area (Å²) in [6, 6.07) is 2.05. The first-order chi connectivity index (χ1) is 23.1. The monoisotopic (exact) mass is 730 g/mol. The van der Waals surface area contributed by atoms with Gasteiger partial charge in [-0.1, -0.05) is 6.92 Å². The number of phosphoric ester groups is 2. The molecule has 3 aliphatic rings. The number of nitrogens with one attached hydrogen (secondary N) is 1. The minimum absolute atomic E-state index is 0.0140. The van der Waals surface area contributed by atoms with Crippen molar-refractivity contribution in [1.29, 1.82) is 0 Å². The van der Waals surface area contributed by atoms with Crippen LogP contribution in [0, 0.1) is 12.7 Å². The number of ether oxygens (including phenoxy) is 2. The van der Waals surface area contributed by atoms with Crippen LogP contribution in [-0.4, -0.2) is 61.9 Å². The van der Waals surface area contributed by atoms with Crippen molar-refractivity contribution in [1.82, 2.24) is 14.9 Å². The van der Waals surface area contributed by atoms with Crippen molar-refractivity contribution in [3.63, 3.8) is 0 Å². The maximum absolute atomic E-state index is 15.1. The van der Waals surface area contributed by atoms with Crippen LogP contribution in [0.25, 0.3) is 22.3 Å². The van der Waals surface area contributed by atoms with E-state index in [4.69, 9.17) is 20.4 Å². The van der Waals surface area contributed by atoms with Crippen LogP contribution in [0.5, 0.6) is 0 Å². The van der Waals surface area contributed by atoms with Crippen molar-refractivity contribution in [3.8, 4) is 11.4 Å². The summed E-state index contributed by atoms with van der Waals surface area (Å²) >= 11 is 0. The maximum atomic E-state index is 15.1. The highest BCUT2D eigenvalue weighted by atomic mass is 31.3. The molecular formula is C28H33FN4O14P2. The molecule has 0 spiro atoms. The molecule has 3 unspecified atom stereocenters. The van der Waals surface area contributed by atoms with E-state index in [9.17, 15) is 38.7 Å². The molecule has 2 aliphatic heterocycles. The number of pyridine rings is 2. The van der Waals surface area contributed by atoms with Crippen molar-refractivity contribution in [2.45, 2.75) is 64.2 Å². The van der Waals surface area contributed by atoms with Gasteiger partial charge in [0.15, 0.2) is 6.29 Å². The van der Waals surface area contributed by atoms with Gasteiger partial charge in [0, 0.05) is 28.1 Å². The molecule has 18 nitrogen and oxygen atoms in total. The number of phosphoric acid groups is 2. The molecule has 6 rings (SSSR count). The number of nitrogens with zero attached hydrogens (tertiary/aromatic N) is 2. The Morgan fingerprint density at radius 3 is 2.65 bits per heavy atom. The molecule has 0 fully saturated rings. The number of alkyl carbamates (subject to hydrolysis) is 1. The standard InChI is InChI=1S/C28H33FN4O14P2/c1-3-28(37)17-8-21-24-15(10-33(21)25(34)16(17)11-42-26(28)35)23-19(5-4-14-13(2)18(29)9-20(31-24)22(14)23)32-27(36)43-12-46-49(40,41)47-48(38,39)45-7-6-44-30/h8-9,19,26,35,37H,3-7,10-12,30H2,1-2H3,(H,32,36)(H,38,39)(H,40,41)/t19-,26?,28-/m0/s1. The number of carbonyl (C=O) groups is 1. The molecule has 0 saturated heterocycles. The van der Waals surface area contributed by atoms with E-state index in [0.717, 1.165) is 0 Å². The number of hydrogen-bond donors (Lipinski definition) is 6. The molecule has 7 N–H and O–H groups in total. The molecule has 21 heteroatoms. The van der Waals surface area contributed by atoms with Crippen molar-refractivity contribution in [2.75, 3.05) is 20.0 Å². The lowest BCUT2D eigenvalue weighted by Crippen LogP contribution is -2.47. The number of aliphatic hydroxyl groups is 2. The summed E-state index contributed by atoms with van der Waals surface area (Å²) in [5.74, 6) is 4.28. The van der Waals surface area contributed by atoms with E-state index in [1.165, 1.54) is 10.6 Å². The fourth-order valence-electron chi connectivity index (χ4n) is 6.52. The molecule has 2 aromatic heterocycles. The number of amides is 1. The molecule has 49 heavy (non-hydrogen) atoms. The Labute approximate surface area is 276 Å². The first-order valence-electron chi connectivity index (χ1n) is 15.0. The van der Waals surface area contributed by atoms with Gasteiger partial charge in [0.05, 0.1) is 49.3 Å². The summed E-state index contributed by atoms with van der Waals surface area (Å²) in [4.78, 5) is 54.9. The van der Waals surface area contributed by atoms with Gasteiger partial charge < -0.3 is 44.2 Å². The van der Waals surface area contributed by atoms with Gasteiger partial charge in [0.1, 0.15) is 11.4 Å². The van der Waals surface area contributed by atoms with Gasteiger partial charge >= 0.3 is 21.7 Å². The van der Waals surface area contributed by atoms with Gasteiger partial charge in [-0.3, -0.25) is 9.32 Å². The minimum atomic E-state index is -5.26. The predicted octanol–water partition coefficient (Wildman–Crippen LogP) is 2.13. The molecule has 0 bridgehead atoms. The van der Waals surface area contributed by atoms with E-state index in [0.29, 0.717) is 45.4 Å². The lowest BCUT2D eigenvalue weighted by atomic mass is 9.81. The van der Waals surface area contributed by atoms with E-state index in [1.54, 1.807) is 19.9 Å². The third-order valence-corrected chi connectivity index (χ3v) is 11.5. The number of hydrogen-bond acceptors (Lipinski definition) is 14. The molecule has 3 aromatic rings. The average Bonchev–Trinajstić information content (AvgIpc) is 3.40. The zero-order chi connectivity index (χ0) is 35.5. The van der Waals surface area contributed by atoms with Gasteiger partial charge in [-0.2, -0.15) is 4.31 Å². The largest absolute Gasteiger partial charge is 0.484 e. The minimum Gasteiger partial charge on any atom is -0.422 e. The Morgan fingerprint density at radius 2 is 1.94 bits per heavy atom. The molecule has 266 valence electrons. The fourth-order valence-corrected chi connectivity index (χ4v) is 8.43. The van der Waals surface area contributed by atoms with Gasteiger partial charge in [-0.05, 0) is 48.9 Å². The second-order valence-electron chi connectivity index (χ2n) is 11.6. The number of fused-ring (bicyclic) bond motifs is 5. The highest BCUT2D eigenvalue weighted by Crippen LogP contribution is 2.60. The number of aromatic nitrogens is 2. The van der Waals surface area contributed by atoms with Gasteiger partial charge in [0.25, 0.3) is 5.56 Å². The third-order valence-electron chi connectivity index (χ3n) is 8.89. The quantitative estimate of drug-likeness (QED) is 0.0559. The van der Waals surface area contributed by atoms with Gasteiger partial charge in [-0.25, -0.2) is 33.7 Å². The lowest BCUT2D eigenvalue weighted by Gasteiger charge is -2.37. The van der Waals surface area contributed by atoms with Crippen LogP contribution < -0.4 is 16.8 Å². The summed E-state index contributed by atoms with van der Waals surface area (Å²) in [6.45, 7) is 0.989. The second-order valence-corrected chi connectivity index (χ2v) is 14.6. The smallest absolute Gasteiger partial charge is 0.422 e. The number of carbonyl (C=O) groups excluding carboxylic acids is 1. The van der Waals surface area contributed by atoms with Crippen LogP contribution in [0.4, 0.5) is 9.18 Å². The molecule has 1 aliphatic carbocycles. The Kier molecular flexibility index (Phi) is 9.60. The Balaban J connectivity index is 1.30. The lowest BCUT2D eigenvalue weighted by molar-refractivity contribution is -0.236. The van der Waals surface area contributed by atoms with Crippen LogP contribution in [0.3, 0.4) is 0 Å². The van der Waals surface area contributed by atoms with Crippen LogP contribution >= 0.6 is 15.6 Å². The highest BCUT2D eigenvalue weighted by molar-refractivity contribution is 7.61. The van der Waals surface area contributed by atoms with E-state index >= 15 is 4.39 Å². The van der Waals surface area contributed by atoms with Crippen molar-refractivity contribution in [2.24, 2.45) is 5.90 Å². The summed E-state index contributed by atoms with van der Waals surface area (Å²) in [7, 11) is -10.3. The number of aryl methyl sites for hydroxylation is 1. The summed E-state index contributed by atoms with van der Waals surface area (Å²) in [6.07, 6.45) is -2.07. The zero-order valence-corrected chi connectivity index (χ0v) is 27.9. The molecular weight excluding hydrogens is 697 g/mol. The number of nitrogens with two attached hydrogens (primary N) is 1. The molecule has 0 saturated carbocycles. The third kappa shape index (κ3) is 6.46. The maximum Gasteiger partial charge on any atom is 0.484 e. The molecule has 1 aromatic carbocycles. The van der Waals surface area contributed by atoms with E-state index in [2.05, 4.69) is 23.5 Å². The number of benzene rings is 1. The summed E-state index contributed by atoms with van der Waals surface area (Å²) in [5.41, 5.74) is 1.07. The molecule has 1 amide bonds. The predicted molar refractivity (Wildman–Crippen MR) is 164 cm³/mol. The first kappa shape index (κ1) is 35.7. The normalized spacial score (nSPS) is 23.3. The SMILES string of the molecule is CC[C@]1(O)c2cc3n(c(=O)c2COC1O)Cc1c-3nc2cc(F)c(C)c3c2c1[C@@H](NC(=O)OCOP(=O)(O)OP(=O)(O)OCCON)CC3. The van der Waals surface area contributed by atoms with Crippen molar-refractivity contribution >= 4 is 32.6 Å².